The molecular formula is C61H38N4S. The first-order chi connectivity index (χ1) is 32.7. The van der Waals surface area contributed by atoms with Gasteiger partial charge in [0, 0.05) is 58.9 Å². The van der Waals surface area contributed by atoms with Gasteiger partial charge in [0.1, 0.15) is 0 Å². The minimum Gasteiger partial charge on any atom is -0.309 e. The number of rotatable bonds is 7. The zero-order valence-electron chi connectivity index (χ0n) is 35.6. The second-order valence-electron chi connectivity index (χ2n) is 16.7. The maximum atomic E-state index is 5.50. The van der Waals surface area contributed by atoms with Crippen LogP contribution in [-0.4, -0.2) is 19.5 Å². The number of fused-ring (bicyclic) bond motifs is 7. The molecule has 0 saturated carbocycles. The molecule has 5 heteroatoms. The van der Waals surface area contributed by atoms with Gasteiger partial charge in [-0.1, -0.05) is 188 Å². The molecule has 4 nitrogen and oxygen atoms in total. The lowest BCUT2D eigenvalue weighted by Crippen LogP contribution is -2.03. The van der Waals surface area contributed by atoms with Crippen LogP contribution in [0.15, 0.2) is 231 Å². The molecule has 0 amide bonds. The fraction of sp³-hybridized carbons (Fsp3) is 0. The molecule has 0 bridgehead atoms. The summed E-state index contributed by atoms with van der Waals surface area (Å²) in [5, 5.41) is 7.37. The first-order valence-electron chi connectivity index (χ1n) is 22.3. The second-order valence-corrected chi connectivity index (χ2v) is 17.8. The summed E-state index contributed by atoms with van der Waals surface area (Å²) in [7, 11) is 0. The predicted octanol–water partition coefficient (Wildman–Crippen LogP) is 16.5. The fourth-order valence-corrected chi connectivity index (χ4v) is 11.0. The molecule has 0 aliphatic carbocycles. The number of benzene rings is 10. The molecule has 13 aromatic rings. The Morgan fingerprint density at radius 3 is 1.47 bits per heavy atom. The Kier molecular flexibility index (Phi) is 9.00. The monoisotopic (exact) mass is 858 g/mol. The number of aromatic nitrogens is 4. The van der Waals surface area contributed by atoms with Gasteiger partial charge in [0.05, 0.1) is 11.0 Å². The molecule has 0 unspecified atom stereocenters. The molecule has 0 fully saturated rings. The van der Waals surface area contributed by atoms with Crippen molar-refractivity contribution in [2.75, 3.05) is 0 Å². The van der Waals surface area contributed by atoms with Gasteiger partial charge in [0.15, 0.2) is 17.5 Å². The van der Waals surface area contributed by atoms with Gasteiger partial charge >= 0.3 is 0 Å². The number of para-hydroxylation sites is 1. The minimum atomic E-state index is 0.605. The summed E-state index contributed by atoms with van der Waals surface area (Å²) < 4.78 is 4.90. The summed E-state index contributed by atoms with van der Waals surface area (Å²) in [6.07, 6.45) is 0. The zero-order chi connectivity index (χ0) is 43.6. The zero-order valence-corrected chi connectivity index (χ0v) is 36.5. The third kappa shape index (κ3) is 6.32. The number of hydrogen-bond donors (Lipinski definition) is 0. The van der Waals surface area contributed by atoms with Crippen molar-refractivity contribution in [3.8, 4) is 73.2 Å². The van der Waals surface area contributed by atoms with Gasteiger partial charge in [-0.15, -0.1) is 11.3 Å². The lowest BCUT2D eigenvalue weighted by molar-refractivity contribution is 1.07. The molecular weight excluding hydrogens is 821 g/mol. The normalized spacial score (nSPS) is 11.6. The Labute approximate surface area is 385 Å². The van der Waals surface area contributed by atoms with E-state index in [0.717, 1.165) is 66.8 Å². The van der Waals surface area contributed by atoms with E-state index in [1.165, 1.54) is 41.7 Å². The third-order valence-electron chi connectivity index (χ3n) is 12.9. The van der Waals surface area contributed by atoms with Crippen LogP contribution in [-0.2, 0) is 0 Å². The van der Waals surface area contributed by atoms with Crippen molar-refractivity contribution in [3.63, 3.8) is 0 Å². The molecule has 0 spiro atoms. The molecule has 0 saturated heterocycles. The Balaban J connectivity index is 1.12. The van der Waals surface area contributed by atoms with E-state index in [9.17, 15) is 0 Å². The summed E-state index contributed by atoms with van der Waals surface area (Å²) >= 11 is 1.84. The maximum absolute atomic E-state index is 5.50. The molecule has 66 heavy (non-hydrogen) atoms. The SMILES string of the molecule is c1ccc(-c2ccccc2-c2nc(-c3ccccc3-c3ccccc3)nc(-c3ccc(-n4c5ccccc5c5cc6ccccc6cc54)cc3-c3cccc4c3sc3ccccc34)n2)cc1. The highest BCUT2D eigenvalue weighted by Gasteiger charge is 2.23. The molecule has 13 rings (SSSR count). The molecule has 10 aromatic carbocycles. The van der Waals surface area contributed by atoms with Crippen LogP contribution >= 0.6 is 11.3 Å². The molecule has 0 radical (unpaired) electrons. The lowest BCUT2D eigenvalue weighted by Gasteiger charge is -2.17. The Morgan fingerprint density at radius 2 is 0.803 bits per heavy atom. The molecule has 0 atom stereocenters. The van der Waals surface area contributed by atoms with Crippen LogP contribution in [0, 0.1) is 0 Å². The minimum absolute atomic E-state index is 0.605. The Morgan fingerprint density at radius 1 is 0.303 bits per heavy atom. The van der Waals surface area contributed by atoms with Crippen LogP contribution in [0.1, 0.15) is 0 Å². The average molecular weight is 859 g/mol. The van der Waals surface area contributed by atoms with Gasteiger partial charge < -0.3 is 4.57 Å². The molecule has 0 aliphatic heterocycles. The quantitative estimate of drug-likeness (QED) is 0.160. The van der Waals surface area contributed by atoms with Crippen molar-refractivity contribution in [2.24, 2.45) is 0 Å². The molecule has 3 aromatic heterocycles. The van der Waals surface area contributed by atoms with Gasteiger partial charge in [-0.3, -0.25) is 0 Å². The van der Waals surface area contributed by atoms with Crippen LogP contribution in [0.5, 0.6) is 0 Å². The summed E-state index contributed by atoms with van der Waals surface area (Å²) in [5.41, 5.74) is 12.7. The average Bonchev–Trinajstić information content (AvgIpc) is 3.94. The maximum Gasteiger partial charge on any atom is 0.164 e. The largest absolute Gasteiger partial charge is 0.309 e. The molecule has 3 heterocycles. The predicted molar refractivity (Wildman–Crippen MR) is 277 cm³/mol. The molecule has 0 N–H and O–H groups in total. The van der Waals surface area contributed by atoms with Gasteiger partial charge in [-0.05, 0) is 81.1 Å². The second kappa shape index (κ2) is 15.6. The van der Waals surface area contributed by atoms with Crippen LogP contribution in [0.25, 0.3) is 126 Å². The van der Waals surface area contributed by atoms with E-state index in [1.54, 1.807) is 0 Å². The first kappa shape index (κ1) is 38.0. The standard InChI is InChI=1S/C61H38N4S/c1-3-18-39(19-4-1)44-24-9-11-28-50(44)59-62-60(51-29-12-10-25-45(51)40-20-5-2-6-21-40)64-61(63-59)52-35-34-43(38-53(52)49-31-17-30-48-47-27-14-16-33-57(47)66-58(48)49)65-55-32-15-13-26-46(55)54-36-41-22-7-8-23-42(41)37-56(54)65/h1-38H. The van der Waals surface area contributed by atoms with Gasteiger partial charge in [0.2, 0.25) is 0 Å². The van der Waals surface area contributed by atoms with E-state index in [-0.39, 0.29) is 0 Å². The van der Waals surface area contributed by atoms with Gasteiger partial charge in [-0.25, -0.2) is 15.0 Å². The Bertz CT molecular complexity index is 3900. The molecule has 0 aliphatic rings. The van der Waals surface area contributed by atoms with E-state index in [0.29, 0.717) is 17.5 Å². The number of thiophene rings is 1. The summed E-state index contributed by atoms with van der Waals surface area (Å²) in [6, 6.07) is 82.2. The fourth-order valence-electron chi connectivity index (χ4n) is 9.81. The van der Waals surface area contributed by atoms with E-state index >= 15 is 0 Å². The van der Waals surface area contributed by atoms with Crippen molar-refractivity contribution in [1.29, 1.82) is 0 Å². The van der Waals surface area contributed by atoms with E-state index in [4.69, 9.17) is 15.0 Å². The van der Waals surface area contributed by atoms with Crippen LogP contribution in [0.3, 0.4) is 0 Å². The summed E-state index contributed by atoms with van der Waals surface area (Å²) in [4.78, 5) is 16.4. The highest BCUT2D eigenvalue weighted by Crippen LogP contribution is 2.45. The van der Waals surface area contributed by atoms with Crippen molar-refractivity contribution >= 4 is 64.1 Å². The smallest absolute Gasteiger partial charge is 0.164 e. The molecule has 308 valence electrons. The first-order valence-corrected chi connectivity index (χ1v) is 23.1. The Hall–Kier alpha value is -8.51. The highest BCUT2D eigenvalue weighted by molar-refractivity contribution is 7.26. The number of nitrogens with zero attached hydrogens (tertiary/aromatic N) is 4. The van der Waals surface area contributed by atoms with Crippen LogP contribution < -0.4 is 0 Å². The lowest BCUT2D eigenvalue weighted by atomic mass is 9.95. The summed E-state index contributed by atoms with van der Waals surface area (Å²) in [5.74, 6) is 1.83. The van der Waals surface area contributed by atoms with Crippen molar-refractivity contribution in [3.05, 3.63) is 231 Å². The third-order valence-corrected chi connectivity index (χ3v) is 14.1. The van der Waals surface area contributed by atoms with Crippen LogP contribution in [0.4, 0.5) is 0 Å². The van der Waals surface area contributed by atoms with Gasteiger partial charge in [0.25, 0.3) is 0 Å². The van der Waals surface area contributed by atoms with E-state index in [2.05, 4.69) is 235 Å². The van der Waals surface area contributed by atoms with Crippen molar-refractivity contribution < 1.29 is 0 Å². The van der Waals surface area contributed by atoms with E-state index < -0.39 is 0 Å². The summed E-state index contributed by atoms with van der Waals surface area (Å²) in [6.45, 7) is 0. The van der Waals surface area contributed by atoms with Crippen molar-refractivity contribution in [2.45, 2.75) is 0 Å². The number of hydrogen-bond acceptors (Lipinski definition) is 4. The highest BCUT2D eigenvalue weighted by atomic mass is 32.1. The van der Waals surface area contributed by atoms with Crippen molar-refractivity contribution in [1.82, 2.24) is 19.5 Å². The van der Waals surface area contributed by atoms with Gasteiger partial charge in [-0.2, -0.15) is 0 Å². The topological polar surface area (TPSA) is 43.6 Å². The van der Waals surface area contributed by atoms with Crippen LogP contribution in [0.2, 0.25) is 0 Å². The van der Waals surface area contributed by atoms with E-state index in [1.807, 2.05) is 11.3 Å².